The highest BCUT2D eigenvalue weighted by molar-refractivity contribution is 5.86. The first-order valence-corrected chi connectivity index (χ1v) is 15.7. The van der Waals surface area contributed by atoms with E-state index in [0.29, 0.717) is 0 Å². The molecule has 52 heavy (non-hydrogen) atoms. The number of aliphatic carboxylic acids is 1. The van der Waals surface area contributed by atoms with E-state index in [4.69, 9.17) is 28.1 Å². The Hall–Kier alpha value is -4.61. The molecule has 284 valence electrons. The smallest absolute Gasteiger partial charge is 0.340 e. The van der Waals surface area contributed by atoms with Gasteiger partial charge in [0.15, 0.2) is 29.1 Å². The normalized spacial score (nSPS) is 29.1. The average molecular weight is 741 g/mol. The van der Waals surface area contributed by atoms with E-state index in [0.717, 1.165) is 24.3 Å². The van der Waals surface area contributed by atoms with E-state index in [-0.39, 0.29) is 66.3 Å². The van der Waals surface area contributed by atoms with Crippen LogP contribution in [0, 0.1) is 0 Å². The molecule has 2 fully saturated rings. The fraction of sp³-hybridized carbons (Fsp3) is 0.469. The summed E-state index contributed by atoms with van der Waals surface area (Å²) in [5.41, 5.74) is -0.780. The third-order valence-corrected chi connectivity index (χ3v) is 8.31. The summed E-state index contributed by atoms with van der Waals surface area (Å²) in [7, 11) is 0. The molecule has 1 aromatic heterocycles. The van der Waals surface area contributed by atoms with Crippen LogP contribution in [0.2, 0.25) is 0 Å². The Balaban J connectivity index is 1.46. The quantitative estimate of drug-likeness (QED) is 0.0505. The van der Waals surface area contributed by atoms with Gasteiger partial charge >= 0.3 is 11.9 Å². The van der Waals surface area contributed by atoms with Crippen molar-refractivity contribution in [3.05, 3.63) is 46.1 Å². The zero-order valence-corrected chi connectivity index (χ0v) is 26.8. The van der Waals surface area contributed by atoms with Crippen LogP contribution in [0.25, 0.3) is 22.3 Å². The molecule has 20 heteroatoms. The molecule has 0 bridgehead atoms. The number of rotatable bonds is 12. The minimum atomic E-state index is -2.19. The molecule has 2 aliphatic rings. The van der Waals surface area contributed by atoms with E-state index >= 15 is 0 Å². The van der Waals surface area contributed by atoms with Gasteiger partial charge < -0.3 is 84.3 Å². The third-order valence-electron chi connectivity index (χ3n) is 8.31. The first-order chi connectivity index (χ1) is 24.7. The maximum Gasteiger partial charge on any atom is 0.340 e. The summed E-state index contributed by atoms with van der Waals surface area (Å²) in [6.45, 7) is -0.935. The number of hydrogen-bond acceptors (Lipinski definition) is 19. The molecule has 20 nitrogen and oxygen atoms in total. The monoisotopic (exact) mass is 740 g/mol. The SMILES string of the molecule is O=C(O)[C@H]1O[C@@H](OC(=O)[C@H]2O[C@@H](Oc3cc(O)c4c(=O)cc(-c5cc(O)c(O)c(CCO)c5)oc4c3)[C@H](OCCCO)[C@@H](O)[C@@H]2O)[C@H](O)[C@@H](O)[C@@H]1O. The van der Waals surface area contributed by atoms with Gasteiger partial charge in [0, 0.05) is 49.1 Å². The molecular formula is C32H36O20. The summed E-state index contributed by atoms with van der Waals surface area (Å²) in [5, 5.41) is 111. The van der Waals surface area contributed by atoms with Crippen LogP contribution in [0.1, 0.15) is 12.0 Å². The lowest BCUT2D eigenvalue weighted by molar-refractivity contribution is -0.306. The van der Waals surface area contributed by atoms with Crippen molar-refractivity contribution in [2.24, 2.45) is 0 Å². The van der Waals surface area contributed by atoms with Crippen molar-refractivity contribution < 1.29 is 93.9 Å². The van der Waals surface area contributed by atoms with E-state index < -0.39 is 96.0 Å². The third kappa shape index (κ3) is 7.76. The van der Waals surface area contributed by atoms with Crippen LogP contribution in [0.5, 0.6) is 23.0 Å². The number of carboxylic acids is 1. The minimum Gasteiger partial charge on any atom is -0.507 e. The summed E-state index contributed by atoms with van der Waals surface area (Å²) in [6, 6.07) is 5.52. The van der Waals surface area contributed by atoms with Gasteiger partial charge in [0.25, 0.3) is 0 Å². The summed E-state index contributed by atoms with van der Waals surface area (Å²) in [6.07, 6.45) is -20.4. The van der Waals surface area contributed by atoms with E-state index in [1.165, 1.54) is 6.07 Å². The number of aromatic hydroxyl groups is 3. The minimum absolute atomic E-state index is 0.0465. The highest BCUT2D eigenvalue weighted by Crippen LogP contribution is 2.38. The van der Waals surface area contributed by atoms with Crippen LogP contribution in [-0.4, -0.2) is 149 Å². The van der Waals surface area contributed by atoms with Gasteiger partial charge in [-0.2, -0.15) is 0 Å². The average Bonchev–Trinajstić information content (AvgIpc) is 3.09. The van der Waals surface area contributed by atoms with Gasteiger partial charge in [-0.25, -0.2) is 9.59 Å². The Morgan fingerprint density at radius 2 is 1.46 bits per heavy atom. The number of benzene rings is 2. The first-order valence-electron chi connectivity index (χ1n) is 15.7. The number of aliphatic hydroxyl groups is 7. The zero-order valence-electron chi connectivity index (χ0n) is 26.8. The maximum absolute atomic E-state index is 13.2. The first kappa shape index (κ1) is 38.6. The number of ether oxygens (including phenoxy) is 5. The number of phenolic OH excluding ortho intramolecular Hbond substituents is 3. The number of carbonyl (C=O) groups is 2. The van der Waals surface area contributed by atoms with Crippen molar-refractivity contribution >= 4 is 22.9 Å². The molecular weight excluding hydrogens is 704 g/mol. The molecule has 2 saturated heterocycles. The van der Waals surface area contributed by atoms with E-state index in [1.54, 1.807) is 0 Å². The lowest BCUT2D eigenvalue weighted by atomic mass is 9.97. The van der Waals surface area contributed by atoms with Crippen LogP contribution in [0.4, 0.5) is 0 Å². The second-order valence-corrected chi connectivity index (χ2v) is 11.9. The second-order valence-electron chi connectivity index (χ2n) is 11.9. The molecule has 2 aliphatic heterocycles. The van der Waals surface area contributed by atoms with Gasteiger partial charge in [0.2, 0.25) is 12.6 Å². The van der Waals surface area contributed by atoms with Gasteiger partial charge in [-0.15, -0.1) is 0 Å². The van der Waals surface area contributed by atoms with E-state index in [2.05, 4.69) is 0 Å². The van der Waals surface area contributed by atoms with Gasteiger partial charge in [-0.3, -0.25) is 4.79 Å². The lowest BCUT2D eigenvalue weighted by Gasteiger charge is -2.42. The number of carbonyl (C=O) groups excluding carboxylic acids is 1. The molecule has 0 radical (unpaired) electrons. The predicted octanol–water partition coefficient (Wildman–Crippen LogP) is -2.86. The molecule has 0 unspecified atom stereocenters. The summed E-state index contributed by atoms with van der Waals surface area (Å²) >= 11 is 0. The number of fused-ring (bicyclic) bond motifs is 1. The van der Waals surface area contributed by atoms with Crippen molar-refractivity contribution in [1.82, 2.24) is 0 Å². The number of hydrogen-bond donors (Lipinski definition) is 11. The Bertz CT molecular complexity index is 1830. The van der Waals surface area contributed by atoms with Crippen molar-refractivity contribution in [1.29, 1.82) is 0 Å². The number of carboxylic acid groups (broad SMARTS) is 1. The molecule has 0 amide bonds. The molecule has 3 aromatic rings. The molecule has 0 aliphatic carbocycles. The fourth-order valence-electron chi connectivity index (χ4n) is 5.64. The maximum atomic E-state index is 13.2. The number of aliphatic hydroxyl groups excluding tert-OH is 7. The molecule has 10 atom stereocenters. The van der Waals surface area contributed by atoms with Gasteiger partial charge in [-0.1, -0.05) is 0 Å². The highest BCUT2D eigenvalue weighted by Gasteiger charge is 2.53. The number of phenols is 3. The molecule has 0 spiro atoms. The predicted molar refractivity (Wildman–Crippen MR) is 167 cm³/mol. The Morgan fingerprint density at radius 3 is 2.13 bits per heavy atom. The molecule has 2 aromatic carbocycles. The molecule has 0 saturated carbocycles. The Kier molecular flexibility index (Phi) is 11.9. The Labute approximate surface area is 291 Å². The van der Waals surface area contributed by atoms with Crippen molar-refractivity contribution in [3.63, 3.8) is 0 Å². The second kappa shape index (κ2) is 16.0. The zero-order chi connectivity index (χ0) is 38.0. The van der Waals surface area contributed by atoms with Gasteiger partial charge in [-0.05, 0) is 25.0 Å². The molecule has 3 heterocycles. The van der Waals surface area contributed by atoms with E-state index in [9.17, 15) is 70.6 Å². The molecule has 5 rings (SSSR count). The van der Waals surface area contributed by atoms with Gasteiger partial charge in [0.1, 0.15) is 64.9 Å². The Morgan fingerprint density at radius 1 is 0.769 bits per heavy atom. The van der Waals surface area contributed by atoms with Crippen molar-refractivity contribution in [2.45, 2.75) is 74.3 Å². The summed E-state index contributed by atoms with van der Waals surface area (Å²) in [4.78, 5) is 37.7. The van der Waals surface area contributed by atoms with Crippen molar-refractivity contribution in [2.75, 3.05) is 19.8 Å². The van der Waals surface area contributed by atoms with Crippen molar-refractivity contribution in [3.8, 4) is 34.3 Å². The van der Waals surface area contributed by atoms with Crippen LogP contribution in [-0.2, 0) is 35.0 Å². The van der Waals surface area contributed by atoms with Crippen LogP contribution in [0.3, 0.4) is 0 Å². The summed E-state index contributed by atoms with van der Waals surface area (Å²) in [5.74, 6) is -5.50. The summed E-state index contributed by atoms with van der Waals surface area (Å²) < 4.78 is 32.7. The standard InChI is InChI=1S/C32H36O20/c33-3-1-5-47-28-24(42)23(41)27(30(46)52-31-25(43)21(39)22(40)26(50-31)29(44)45)51-32(28)48-13-8-14(35)19-15(36)10-17(49-18(19)9-13)12-6-11(2-4-34)20(38)16(37)7-12/h6-10,21-28,31-35,37-43H,1-5H2,(H,44,45)/t21-,22-,23-,24-,25+,26-,27-,28+,31-,32+/m0/s1. The number of esters is 1. The van der Waals surface area contributed by atoms with Crippen LogP contribution in [0.15, 0.2) is 39.5 Å². The fourth-order valence-corrected chi connectivity index (χ4v) is 5.64. The lowest BCUT2D eigenvalue weighted by Crippen LogP contribution is -2.64. The topological polar surface area (TPSA) is 333 Å². The highest BCUT2D eigenvalue weighted by atomic mass is 16.8. The molecule has 11 N–H and O–H groups in total. The van der Waals surface area contributed by atoms with Crippen LogP contribution >= 0.6 is 0 Å². The van der Waals surface area contributed by atoms with Crippen LogP contribution < -0.4 is 10.2 Å². The largest absolute Gasteiger partial charge is 0.507 e. The van der Waals surface area contributed by atoms with Gasteiger partial charge in [0.05, 0.1) is 0 Å². The van der Waals surface area contributed by atoms with E-state index in [1.807, 2.05) is 0 Å².